The number of carbonyl (C=O) groups is 1. The predicted molar refractivity (Wildman–Crippen MR) is 100.0 cm³/mol. The first-order chi connectivity index (χ1) is 12.5. The van der Waals surface area contributed by atoms with Crippen molar-refractivity contribution in [2.75, 3.05) is 0 Å². The summed E-state index contributed by atoms with van der Waals surface area (Å²) < 4.78 is 3.94. The smallest absolute Gasteiger partial charge is 0.307 e. The summed E-state index contributed by atoms with van der Waals surface area (Å²) in [5.74, 6) is 0.139. The number of rotatable bonds is 5. The van der Waals surface area contributed by atoms with E-state index < -0.39 is 11.9 Å². The van der Waals surface area contributed by atoms with Crippen LogP contribution in [0, 0.1) is 5.92 Å². The zero-order chi connectivity index (χ0) is 18.3. The molecule has 4 aromatic rings. The van der Waals surface area contributed by atoms with Gasteiger partial charge in [-0.25, -0.2) is 9.97 Å². The molecule has 0 saturated carbocycles. The van der Waals surface area contributed by atoms with Crippen molar-refractivity contribution in [2.24, 2.45) is 20.0 Å². The number of carboxylic acids is 1. The minimum atomic E-state index is -0.830. The van der Waals surface area contributed by atoms with E-state index in [2.05, 4.69) is 9.97 Å². The molecule has 26 heavy (non-hydrogen) atoms. The van der Waals surface area contributed by atoms with Crippen molar-refractivity contribution in [3.8, 4) is 0 Å². The number of imidazole rings is 2. The maximum Gasteiger partial charge on any atom is 0.307 e. The molecule has 0 radical (unpaired) electrons. The zero-order valence-electron chi connectivity index (χ0n) is 14.8. The van der Waals surface area contributed by atoms with Crippen molar-refractivity contribution in [1.82, 2.24) is 19.1 Å². The van der Waals surface area contributed by atoms with Crippen molar-refractivity contribution < 1.29 is 9.90 Å². The Kier molecular flexibility index (Phi) is 3.95. The molecule has 6 heteroatoms. The molecule has 0 aliphatic carbocycles. The molecule has 0 atom stereocenters. The van der Waals surface area contributed by atoms with Crippen LogP contribution in [0.4, 0.5) is 0 Å². The van der Waals surface area contributed by atoms with Gasteiger partial charge in [0.2, 0.25) is 0 Å². The standard InChI is InChI=1S/C20H20N4O2/c1-23-16-9-5-3-7-14(16)21-18(23)11-13(20(25)26)12-19-22-15-8-4-6-10-17(15)24(19)2/h3-10,13H,11-12H2,1-2H3,(H,25,26). The molecule has 0 fully saturated rings. The number of para-hydroxylation sites is 4. The monoisotopic (exact) mass is 348 g/mol. The zero-order valence-corrected chi connectivity index (χ0v) is 14.8. The average Bonchev–Trinajstić information content (AvgIpc) is 3.13. The van der Waals surface area contributed by atoms with Gasteiger partial charge >= 0.3 is 5.97 Å². The van der Waals surface area contributed by atoms with Crippen molar-refractivity contribution in [3.05, 3.63) is 60.2 Å². The molecule has 2 aromatic carbocycles. The molecule has 6 nitrogen and oxygen atoms in total. The van der Waals surface area contributed by atoms with Gasteiger partial charge in [-0.15, -0.1) is 0 Å². The Labute approximate surface area is 150 Å². The Morgan fingerprint density at radius 3 is 1.69 bits per heavy atom. The first kappa shape index (κ1) is 16.3. The number of benzene rings is 2. The summed E-state index contributed by atoms with van der Waals surface area (Å²) in [7, 11) is 3.86. The summed E-state index contributed by atoms with van der Waals surface area (Å²) in [5.41, 5.74) is 3.79. The van der Waals surface area contributed by atoms with Gasteiger partial charge in [-0.05, 0) is 24.3 Å². The van der Waals surface area contributed by atoms with Gasteiger partial charge in [0.15, 0.2) is 0 Å². The quantitative estimate of drug-likeness (QED) is 0.602. The third-order valence-electron chi connectivity index (χ3n) is 4.97. The van der Waals surface area contributed by atoms with Crippen LogP contribution in [-0.2, 0) is 31.7 Å². The van der Waals surface area contributed by atoms with Crippen molar-refractivity contribution in [3.63, 3.8) is 0 Å². The van der Waals surface area contributed by atoms with Crippen LogP contribution in [0.5, 0.6) is 0 Å². The average molecular weight is 348 g/mol. The van der Waals surface area contributed by atoms with Crippen LogP contribution in [0.3, 0.4) is 0 Å². The van der Waals surface area contributed by atoms with E-state index in [0.717, 1.165) is 33.7 Å². The first-order valence-corrected chi connectivity index (χ1v) is 8.58. The van der Waals surface area contributed by atoms with Crippen LogP contribution >= 0.6 is 0 Å². The lowest BCUT2D eigenvalue weighted by Crippen LogP contribution is -2.22. The van der Waals surface area contributed by atoms with Gasteiger partial charge in [-0.2, -0.15) is 0 Å². The Balaban J connectivity index is 1.66. The van der Waals surface area contributed by atoms with Crippen LogP contribution in [0.15, 0.2) is 48.5 Å². The topological polar surface area (TPSA) is 72.9 Å². The molecule has 0 aliphatic heterocycles. The molecule has 0 unspecified atom stereocenters. The maximum atomic E-state index is 11.9. The predicted octanol–water partition coefficient (Wildman–Crippen LogP) is 2.95. The highest BCUT2D eigenvalue weighted by molar-refractivity contribution is 5.77. The van der Waals surface area contributed by atoms with Crippen molar-refractivity contribution in [1.29, 1.82) is 0 Å². The van der Waals surface area contributed by atoms with E-state index >= 15 is 0 Å². The van der Waals surface area contributed by atoms with Crippen LogP contribution in [0.25, 0.3) is 22.1 Å². The summed E-state index contributed by atoms with van der Waals surface area (Å²) >= 11 is 0. The molecule has 0 bridgehead atoms. The number of hydrogen-bond acceptors (Lipinski definition) is 3. The number of aliphatic carboxylic acids is 1. The molecule has 0 spiro atoms. The lowest BCUT2D eigenvalue weighted by Gasteiger charge is -2.12. The molecule has 132 valence electrons. The first-order valence-electron chi connectivity index (χ1n) is 8.58. The highest BCUT2D eigenvalue weighted by Gasteiger charge is 2.24. The maximum absolute atomic E-state index is 11.9. The van der Waals surface area contributed by atoms with E-state index in [0.29, 0.717) is 12.8 Å². The fraction of sp³-hybridized carbons (Fsp3) is 0.250. The lowest BCUT2D eigenvalue weighted by molar-refractivity contribution is -0.141. The van der Waals surface area contributed by atoms with Crippen LogP contribution in [0.1, 0.15) is 11.6 Å². The van der Waals surface area contributed by atoms with Crippen LogP contribution < -0.4 is 0 Å². The summed E-state index contributed by atoms with van der Waals surface area (Å²) in [6.07, 6.45) is 0.730. The number of aryl methyl sites for hydroxylation is 2. The minimum absolute atomic E-state index is 0.365. The van der Waals surface area contributed by atoms with Gasteiger partial charge in [0.25, 0.3) is 0 Å². The SMILES string of the molecule is Cn1c(CC(Cc2nc3ccccc3n2C)C(=O)O)nc2ccccc21. The number of fused-ring (bicyclic) bond motifs is 2. The largest absolute Gasteiger partial charge is 0.481 e. The summed E-state index contributed by atoms with van der Waals surface area (Å²) in [4.78, 5) is 21.1. The van der Waals surface area contributed by atoms with Gasteiger partial charge < -0.3 is 14.2 Å². The van der Waals surface area contributed by atoms with E-state index in [1.807, 2.05) is 71.8 Å². The molecular formula is C20H20N4O2. The molecule has 2 heterocycles. The third kappa shape index (κ3) is 2.73. The van der Waals surface area contributed by atoms with Gasteiger partial charge in [-0.1, -0.05) is 24.3 Å². The van der Waals surface area contributed by atoms with Gasteiger partial charge in [0.1, 0.15) is 11.6 Å². The van der Waals surface area contributed by atoms with E-state index in [1.165, 1.54) is 0 Å². The van der Waals surface area contributed by atoms with Crippen molar-refractivity contribution in [2.45, 2.75) is 12.8 Å². The molecule has 0 aliphatic rings. The Hall–Kier alpha value is -3.15. The minimum Gasteiger partial charge on any atom is -0.481 e. The summed E-state index contributed by atoms with van der Waals surface area (Å²) in [6.45, 7) is 0. The van der Waals surface area contributed by atoms with Gasteiger partial charge in [-0.3, -0.25) is 4.79 Å². The fourth-order valence-electron chi connectivity index (χ4n) is 3.44. The summed E-state index contributed by atoms with van der Waals surface area (Å²) in [6, 6.07) is 15.7. The second kappa shape index (κ2) is 6.29. The second-order valence-electron chi connectivity index (χ2n) is 6.59. The van der Waals surface area contributed by atoms with E-state index in [-0.39, 0.29) is 0 Å². The number of aromatic nitrogens is 4. The fourth-order valence-corrected chi connectivity index (χ4v) is 3.44. The lowest BCUT2D eigenvalue weighted by atomic mass is 10.0. The van der Waals surface area contributed by atoms with Crippen molar-refractivity contribution >= 4 is 28.0 Å². The second-order valence-corrected chi connectivity index (χ2v) is 6.59. The van der Waals surface area contributed by atoms with Crippen LogP contribution in [-0.4, -0.2) is 30.2 Å². The van der Waals surface area contributed by atoms with E-state index in [9.17, 15) is 9.90 Å². The van der Waals surface area contributed by atoms with Gasteiger partial charge in [0.05, 0.1) is 28.0 Å². The molecule has 0 saturated heterocycles. The van der Waals surface area contributed by atoms with Crippen LogP contribution in [0.2, 0.25) is 0 Å². The molecule has 1 N–H and O–H groups in total. The molecular weight excluding hydrogens is 328 g/mol. The number of carboxylic acid groups (broad SMARTS) is 1. The highest BCUT2D eigenvalue weighted by atomic mass is 16.4. The summed E-state index contributed by atoms with van der Waals surface area (Å²) in [5, 5.41) is 9.75. The molecule has 4 rings (SSSR count). The van der Waals surface area contributed by atoms with E-state index in [1.54, 1.807) is 0 Å². The normalized spacial score (nSPS) is 11.7. The Morgan fingerprint density at radius 1 is 0.885 bits per heavy atom. The Morgan fingerprint density at radius 2 is 1.31 bits per heavy atom. The Bertz CT molecular complexity index is 1030. The third-order valence-corrected chi connectivity index (χ3v) is 4.97. The number of nitrogens with zero attached hydrogens (tertiary/aromatic N) is 4. The molecule has 0 amide bonds. The number of hydrogen-bond donors (Lipinski definition) is 1. The highest BCUT2D eigenvalue weighted by Crippen LogP contribution is 2.21. The van der Waals surface area contributed by atoms with Gasteiger partial charge in [0, 0.05) is 26.9 Å². The van der Waals surface area contributed by atoms with E-state index in [4.69, 9.17) is 0 Å². The molecule has 2 aromatic heterocycles.